The average molecular weight is 318 g/mol. The summed E-state index contributed by atoms with van der Waals surface area (Å²) >= 11 is 9.39. The number of tetrazole rings is 1. The van der Waals surface area contributed by atoms with E-state index in [0.717, 1.165) is 10.2 Å². The number of halogens is 2. The largest absolute Gasteiger partial charge is 0.495 e. The number of benzene rings is 1. The van der Waals surface area contributed by atoms with Crippen LogP contribution >= 0.6 is 27.5 Å². The minimum absolute atomic E-state index is 0.264. The third kappa shape index (κ3) is 2.42. The molecule has 0 amide bonds. The molecule has 1 heterocycles. The van der Waals surface area contributed by atoms with Crippen LogP contribution in [0.25, 0.3) is 5.69 Å². The lowest BCUT2D eigenvalue weighted by atomic mass is 10.3. The second-order valence-corrected chi connectivity index (χ2v) is 4.89. The summed E-state index contributed by atoms with van der Waals surface area (Å²) in [5.41, 5.74) is 0.803. The van der Waals surface area contributed by atoms with Crippen LogP contribution in [0, 0.1) is 0 Å². The number of aromatic nitrogens is 4. The van der Waals surface area contributed by atoms with Crippen LogP contribution in [0.4, 0.5) is 0 Å². The van der Waals surface area contributed by atoms with Crippen molar-refractivity contribution in [3.63, 3.8) is 0 Å². The van der Waals surface area contributed by atoms with Gasteiger partial charge in [-0.2, -0.15) is 4.68 Å². The van der Waals surface area contributed by atoms with E-state index in [9.17, 15) is 0 Å². The Morgan fingerprint density at radius 1 is 1.47 bits per heavy atom. The third-order valence-corrected chi connectivity index (χ3v) is 3.08. The van der Waals surface area contributed by atoms with E-state index in [2.05, 4.69) is 31.5 Å². The van der Waals surface area contributed by atoms with Crippen molar-refractivity contribution in [3.05, 3.63) is 28.5 Å². The molecule has 0 bridgehead atoms. The van der Waals surface area contributed by atoms with Crippen molar-refractivity contribution in [2.75, 3.05) is 7.11 Å². The lowest BCUT2D eigenvalue weighted by Gasteiger charge is -2.08. The monoisotopic (exact) mass is 316 g/mol. The van der Waals surface area contributed by atoms with E-state index in [-0.39, 0.29) is 5.38 Å². The van der Waals surface area contributed by atoms with Crippen LogP contribution in [0.5, 0.6) is 5.75 Å². The molecule has 17 heavy (non-hydrogen) atoms. The number of alkyl halides is 1. The van der Waals surface area contributed by atoms with E-state index in [1.807, 2.05) is 25.1 Å². The Labute approximate surface area is 112 Å². The van der Waals surface area contributed by atoms with Crippen LogP contribution in [0.2, 0.25) is 0 Å². The standard InChI is InChI=1S/C10H10BrClN4O/c1-6(12)10-13-14-15-16(10)7-3-4-8(11)9(5-7)17-2/h3-6H,1-2H3. The van der Waals surface area contributed by atoms with Crippen molar-refractivity contribution in [3.8, 4) is 11.4 Å². The molecule has 0 aliphatic carbocycles. The van der Waals surface area contributed by atoms with Crippen LogP contribution in [0.1, 0.15) is 18.1 Å². The molecule has 0 fully saturated rings. The van der Waals surface area contributed by atoms with Crippen LogP contribution in [-0.2, 0) is 0 Å². The van der Waals surface area contributed by atoms with Gasteiger partial charge < -0.3 is 4.74 Å². The number of rotatable bonds is 3. The summed E-state index contributed by atoms with van der Waals surface area (Å²) in [5.74, 6) is 1.31. The van der Waals surface area contributed by atoms with E-state index >= 15 is 0 Å². The SMILES string of the molecule is COc1cc(-n2nnnc2C(C)Cl)ccc1Br. The Morgan fingerprint density at radius 2 is 2.24 bits per heavy atom. The van der Waals surface area contributed by atoms with Crippen LogP contribution in [0.3, 0.4) is 0 Å². The van der Waals surface area contributed by atoms with Gasteiger partial charge in [-0.3, -0.25) is 0 Å². The predicted octanol–water partition coefficient (Wildman–Crippen LogP) is 2.73. The molecule has 0 aliphatic rings. The van der Waals surface area contributed by atoms with Gasteiger partial charge >= 0.3 is 0 Å². The summed E-state index contributed by atoms with van der Waals surface area (Å²) in [4.78, 5) is 0. The molecule has 0 aliphatic heterocycles. The lowest BCUT2D eigenvalue weighted by Crippen LogP contribution is -2.04. The normalized spacial score (nSPS) is 12.5. The summed E-state index contributed by atoms with van der Waals surface area (Å²) in [5, 5.41) is 11.2. The fraction of sp³-hybridized carbons (Fsp3) is 0.300. The maximum atomic E-state index is 6.00. The van der Waals surface area contributed by atoms with E-state index in [0.29, 0.717) is 11.6 Å². The van der Waals surface area contributed by atoms with Crippen molar-refractivity contribution >= 4 is 27.5 Å². The highest BCUT2D eigenvalue weighted by Crippen LogP contribution is 2.28. The summed E-state index contributed by atoms with van der Waals surface area (Å²) in [6.07, 6.45) is 0. The van der Waals surface area contributed by atoms with E-state index in [4.69, 9.17) is 16.3 Å². The van der Waals surface area contributed by atoms with Gasteiger partial charge in [-0.1, -0.05) is 0 Å². The van der Waals surface area contributed by atoms with Gasteiger partial charge in [0.05, 0.1) is 22.6 Å². The summed E-state index contributed by atoms with van der Waals surface area (Å²) in [7, 11) is 1.61. The molecule has 2 rings (SSSR count). The van der Waals surface area contributed by atoms with Gasteiger partial charge in [0.1, 0.15) is 5.75 Å². The first-order valence-corrected chi connectivity index (χ1v) is 6.12. The number of methoxy groups -OCH3 is 1. The number of ether oxygens (including phenoxy) is 1. The zero-order chi connectivity index (χ0) is 12.4. The Morgan fingerprint density at radius 3 is 2.88 bits per heavy atom. The average Bonchev–Trinajstić information content (AvgIpc) is 2.78. The molecule has 1 atom stereocenters. The van der Waals surface area contributed by atoms with Crippen molar-refractivity contribution in [1.82, 2.24) is 20.2 Å². The van der Waals surface area contributed by atoms with Crippen molar-refractivity contribution in [1.29, 1.82) is 0 Å². The first-order chi connectivity index (χ1) is 8.13. The second kappa shape index (κ2) is 5.01. The Balaban J connectivity index is 2.49. The number of hydrogen-bond acceptors (Lipinski definition) is 4. The number of hydrogen-bond donors (Lipinski definition) is 0. The maximum absolute atomic E-state index is 6.00. The molecule has 5 nitrogen and oxygen atoms in total. The molecule has 0 saturated carbocycles. The van der Waals surface area contributed by atoms with Crippen molar-refractivity contribution < 1.29 is 4.74 Å². The van der Waals surface area contributed by atoms with Crippen LogP contribution < -0.4 is 4.74 Å². The van der Waals surface area contributed by atoms with Gasteiger partial charge in [-0.15, -0.1) is 16.7 Å². The lowest BCUT2D eigenvalue weighted by molar-refractivity contribution is 0.411. The molecular weight excluding hydrogens is 307 g/mol. The fourth-order valence-corrected chi connectivity index (χ4v) is 1.95. The van der Waals surface area contributed by atoms with Gasteiger partial charge in [0.15, 0.2) is 5.82 Å². The third-order valence-electron chi connectivity index (χ3n) is 2.23. The molecule has 0 N–H and O–H groups in total. The fourth-order valence-electron chi connectivity index (χ4n) is 1.41. The van der Waals surface area contributed by atoms with Gasteiger partial charge in [-0.25, -0.2) is 0 Å². The Bertz CT molecular complexity index is 529. The highest BCUT2D eigenvalue weighted by molar-refractivity contribution is 9.10. The minimum atomic E-state index is -0.264. The Hall–Kier alpha value is -1.14. The molecule has 90 valence electrons. The van der Waals surface area contributed by atoms with Crippen LogP contribution in [-0.4, -0.2) is 27.3 Å². The maximum Gasteiger partial charge on any atom is 0.174 e. The second-order valence-electron chi connectivity index (χ2n) is 3.38. The zero-order valence-corrected chi connectivity index (χ0v) is 11.6. The molecule has 0 spiro atoms. The molecule has 1 unspecified atom stereocenters. The highest BCUT2D eigenvalue weighted by atomic mass is 79.9. The molecule has 7 heteroatoms. The van der Waals surface area contributed by atoms with Gasteiger partial charge in [-0.05, 0) is 45.4 Å². The smallest absolute Gasteiger partial charge is 0.174 e. The van der Waals surface area contributed by atoms with Gasteiger partial charge in [0.25, 0.3) is 0 Å². The molecule has 1 aromatic carbocycles. The van der Waals surface area contributed by atoms with Gasteiger partial charge in [0, 0.05) is 6.07 Å². The predicted molar refractivity (Wildman–Crippen MR) is 67.7 cm³/mol. The van der Waals surface area contributed by atoms with Crippen LogP contribution in [0.15, 0.2) is 22.7 Å². The van der Waals surface area contributed by atoms with E-state index in [1.165, 1.54) is 0 Å². The molecule has 2 aromatic rings. The Kier molecular flexibility index (Phi) is 3.63. The highest BCUT2D eigenvalue weighted by Gasteiger charge is 2.14. The molecule has 0 saturated heterocycles. The molecular formula is C10H10BrClN4O. The molecule has 0 radical (unpaired) electrons. The first-order valence-electron chi connectivity index (χ1n) is 4.89. The summed E-state index contributed by atoms with van der Waals surface area (Å²) < 4.78 is 7.68. The topological polar surface area (TPSA) is 52.8 Å². The van der Waals surface area contributed by atoms with E-state index < -0.39 is 0 Å². The summed E-state index contributed by atoms with van der Waals surface area (Å²) in [6, 6.07) is 5.59. The van der Waals surface area contributed by atoms with E-state index in [1.54, 1.807) is 11.8 Å². The van der Waals surface area contributed by atoms with Crippen molar-refractivity contribution in [2.45, 2.75) is 12.3 Å². The summed E-state index contributed by atoms with van der Waals surface area (Å²) in [6.45, 7) is 1.82. The minimum Gasteiger partial charge on any atom is -0.495 e. The first kappa shape index (κ1) is 12.3. The van der Waals surface area contributed by atoms with Crippen molar-refractivity contribution in [2.24, 2.45) is 0 Å². The van der Waals surface area contributed by atoms with Gasteiger partial charge in [0.2, 0.25) is 0 Å². The molecule has 1 aromatic heterocycles. The number of nitrogens with zero attached hydrogens (tertiary/aromatic N) is 4. The zero-order valence-electron chi connectivity index (χ0n) is 9.26. The quantitative estimate of drug-likeness (QED) is 0.817.